The van der Waals surface area contributed by atoms with Gasteiger partial charge in [0.05, 0.1) is 44.5 Å². The molecule has 7 nitrogen and oxygen atoms in total. The predicted octanol–water partition coefficient (Wildman–Crippen LogP) is 2.30. The summed E-state index contributed by atoms with van der Waals surface area (Å²) in [5.41, 5.74) is 2.31. The zero-order valence-electron chi connectivity index (χ0n) is 16.0. The van der Waals surface area contributed by atoms with E-state index in [9.17, 15) is 10.1 Å². The molecule has 0 aromatic carbocycles. The van der Waals surface area contributed by atoms with E-state index in [1.54, 1.807) is 0 Å². The first-order valence-electron chi connectivity index (χ1n) is 9.07. The molecule has 146 valence electrons. The van der Waals surface area contributed by atoms with Crippen molar-refractivity contribution in [3.8, 4) is 6.07 Å². The van der Waals surface area contributed by atoms with Crippen LogP contribution in [0.3, 0.4) is 0 Å². The lowest BCUT2D eigenvalue weighted by Crippen LogP contribution is -2.39. The van der Waals surface area contributed by atoms with Gasteiger partial charge in [-0.25, -0.2) is 4.98 Å². The molecule has 1 aromatic rings. The number of pyridine rings is 1. The number of aromatic nitrogens is 1. The molecule has 0 spiro atoms. The number of anilines is 1. The van der Waals surface area contributed by atoms with Gasteiger partial charge in [0.1, 0.15) is 16.9 Å². The summed E-state index contributed by atoms with van der Waals surface area (Å²) in [6.45, 7) is 7.37. The molecule has 0 saturated carbocycles. The van der Waals surface area contributed by atoms with Crippen LogP contribution >= 0.6 is 11.8 Å². The molecule has 0 atom stereocenters. The molecule has 0 unspecified atom stereocenters. The zero-order valence-corrected chi connectivity index (χ0v) is 16.9. The van der Waals surface area contributed by atoms with Gasteiger partial charge in [0.25, 0.3) is 0 Å². The Hall–Kier alpha value is -1.82. The highest BCUT2D eigenvalue weighted by Gasteiger charge is 2.33. The number of hydrogen-bond acceptors (Lipinski definition) is 8. The number of carbonyl (C=O) groups excluding carboxylic acids is 1. The minimum absolute atomic E-state index is 0.262. The number of ether oxygens (including phenoxy) is 3. The molecule has 0 radical (unpaired) electrons. The van der Waals surface area contributed by atoms with Crippen LogP contribution in [0.2, 0.25) is 0 Å². The number of rotatable bonds is 5. The van der Waals surface area contributed by atoms with E-state index in [-0.39, 0.29) is 18.0 Å². The largest absolute Gasteiger partial charge is 0.469 e. The van der Waals surface area contributed by atoms with Crippen LogP contribution < -0.4 is 4.90 Å². The Bertz CT molecular complexity index is 754. The molecule has 3 rings (SSSR count). The minimum Gasteiger partial charge on any atom is -0.469 e. The fraction of sp³-hybridized carbons (Fsp3) is 0.632. The number of thioether (sulfide) groups is 1. The third-order valence-corrected chi connectivity index (χ3v) is 5.74. The molecule has 0 N–H and O–H groups in total. The van der Waals surface area contributed by atoms with E-state index in [2.05, 4.69) is 11.0 Å². The first-order valence-corrected chi connectivity index (χ1v) is 10.1. The van der Waals surface area contributed by atoms with Gasteiger partial charge in [-0.05, 0) is 19.4 Å². The second kappa shape index (κ2) is 8.46. The van der Waals surface area contributed by atoms with Crippen LogP contribution in [0, 0.1) is 11.3 Å². The second-order valence-electron chi connectivity index (χ2n) is 7.18. The van der Waals surface area contributed by atoms with Gasteiger partial charge in [0, 0.05) is 30.8 Å². The number of morpholine rings is 1. The van der Waals surface area contributed by atoms with Gasteiger partial charge in [-0.1, -0.05) is 0 Å². The normalized spacial score (nSPS) is 18.5. The molecule has 27 heavy (non-hydrogen) atoms. The molecule has 0 bridgehead atoms. The molecular formula is C19H25N3O4S. The van der Waals surface area contributed by atoms with Crippen LogP contribution in [0.15, 0.2) is 5.03 Å². The molecule has 0 aliphatic carbocycles. The van der Waals surface area contributed by atoms with Crippen LogP contribution in [-0.4, -0.2) is 55.7 Å². The highest BCUT2D eigenvalue weighted by atomic mass is 32.2. The van der Waals surface area contributed by atoms with Crippen LogP contribution in [0.1, 0.15) is 37.0 Å². The summed E-state index contributed by atoms with van der Waals surface area (Å²) in [7, 11) is 1.38. The highest BCUT2D eigenvalue weighted by molar-refractivity contribution is 7.99. The Morgan fingerprint density at radius 1 is 1.37 bits per heavy atom. The Balaban J connectivity index is 1.99. The van der Waals surface area contributed by atoms with Gasteiger partial charge in [-0.2, -0.15) is 5.26 Å². The number of methoxy groups -OCH3 is 1. The van der Waals surface area contributed by atoms with Gasteiger partial charge in [0.2, 0.25) is 0 Å². The van der Waals surface area contributed by atoms with E-state index in [1.165, 1.54) is 18.9 Å². The second-order valence-corrected chi connectivity index (χ2v) is 8.27. The molecule has 1 fully saturated rings. The van der Waals surface area contributed by atoms with Crippen molar-refractivity contribution in [1.82, 2.24) is 4.98 Å². The number of fused-ring (bicyclic) bond motifs is 1. The lowest BCUT2D eigenvalue weighted by atomic mass is 9.89. The van der Waals surface area contributed by atoms with Crippen molar-refractivity contribution >= 4 is 23.5 Å². The van der Waals surface area contributed by atoms with Gasteiger partial charge in [0.15, 0.2) is 0 Å². The Kier molecular flexibility index (Phi) is 6.25. The smallest absolute Gasteiger partial charge is 0.306 e. The average Bonchev–Trinajstić information content (AvgIpc) is 2.67. The van der Waals surface area contributed by atoms with Crippen LogP contribution in [0.4, 0.5) is 5.82 Å². The van der Waals surface area contributed by atoms with Gasteiger partial charge < -0.3 is 19.1 Å². The van der Waals surface area contributed by atoms with E-state index in [1.807, 2.05) is 13.8 Å². The number of nitriles is 1. The lowest BCUT2D eigenvalue weighted by molar-refractivity contribution is -0.140. The van der Waals surface area contributed by atoms with Crippen LogP contribution in [0.5, 0.6) is 0 Å². The van der Waals surface area contributed by atoms with Crippen molar-refractivity contribution in [2.24, 2.45) is 0 Å². The maximum Gasteiger partial charge on any atom is 0.306 e. The quantitative estimate of drug-likeness (QED) is 0.558. The standard InChI is InChI=1S/C19H25N3O4S/c1-19(2)10-13-14(11-20)18(27-9-4-16(23)24-3)21-17(15(13)12-26-19)22-5-7-25-8-6-22/h4-10,12H2,1-3H3. The number of esters is 1. The van der Waals surface area contributed by atoms with Crippen molar-refractivity contribution in [3.63, 3.8) is 0 Å². The number of carbonyl (C=O) groups is 1. The fourth-order valence-corrected chi connectivity index (χ4v) is 4.24. The molecule has 2 aliphatic rings. The molecule has 8 heteroatoms. The molecular weight excluding hydrogens is 366 g/mol. The first kappa shape index (κ1) is 19.9. The van der Waals surface area contributed by atoms with E-state index < -0.39 is 0 Å². The third kappa shape index (κ3) is 4.54. The molecule has 0 amide bonds. The van der Waals surface area contributed by atoms with Gasteiger partial charge >= 0.3 is 5.97 Å². The van der Waals surface area contributed by atoms with Crippen molar-refractivity contribution < 1.29 is 19.0 Å². The van der Waals surface area contributed by atoms with E-state index in [4.69, 9.17) is 19.2 Å². The Labute approximate surface area is 164 Å². The molecule has 3 heterocycles. The van der Waals surface area contributed by atoms with E-state index in [0.717, 1.165) is 30.0 Å². The molecule has 1 saturated heterocycles. The summed E-state index contributed by atoms with van der Waals surface area (Å²) >= 11 is 1.43. The summed E-state index contributed by atoms with van der Waals surface area (Å²) in [5.74, 6) is 1.14. The third-order valence-electron chi connectivity index (χ3n) is 4.76. The van der Waals surface area contributed by atoms with E-state index >= 15 is 0 Å². The van der Waals surface area contributed by atoms with Crippen molar-refractivity contribution in [2.45, 2.75) is 43.9 Å². The average molecular weight is 391 g/mol. The van der Waals surface area contributed by atoms with Gasteiger partial charge in [-0.3, -0.25) is 4.79 Å². The highest BCUT2D eigenvalue weighted by Crippen LogP contribution is 2.38. The molecule has 1 aromatic heterocycles. The van der Waals surface area contributed by atoms with Crippen LogP contribution in [-0.2, 0) is 32.0 Å². The lowest BCUT2D eigenvalue weighted by Gasteiger charge is -2.36. The van der Waals surface area contributed by atoms with Crippen molar-refractivity contribution in [3.05, 3.63) is 16.7 Å². The van der Waals surface area contributed by atoms with Crippen molar-refractivity contribution in [1.29, 1.82) is 5.26 Å². The Morgan fingerprint density at radius 3 is 2.78 bits per heavy atom. The zero-order chi connectivity index (χ0) is 19.4. The summed E-state index contributed by atoms with van der Waals surface area (Å²) < 4.78 is 16.2. The van der Waals surface area contributed by atoms with E-state index in [0.29, 0.717) is 42.6 Å². The summed E-state index contributed by atoms with van der Waals surface area (Å²) in [6.07, 6.45) is 0.946. The summed E-state index contributed by atoms with van der Waals surface area (Å²) in [5, 5.41) is 10.5. The fourth-order valence-electron chi connectivity index (χ4n) is 3.32. The van der Waals surface area contributed by atoms with Crippen molar-refractivity contribution in [2.75, 3.05) is 44.1 Å². The monoisotopic (exact) mass is 391 g/mol. The molecule has 2 aliphatic heterocycles. The maximum atomic E-state index is 11.4. The first-order chi connectivity index (χ1) is 12.9. The van der Waals surface area contributed by atoms with Gasteiger partial charge in [-0.15, -0.1) is 11.8 Å². The van der Waals surface area contributed by atoms with Crippen LogP contribution in [0.25, 0.3) is 0 Å². The maximum absolute atomic E-state index is 11.4. The summed E-state index contributed by atoms with van der Waals surface area (Å²) in [6, 6.07) is 2.35. The topological polar surface area (TPSA) is 84.7 Å². The SMILES string of the molecule is COC(=O)CCSc1nc(N2CCOCC2)c2c(c1C#N)CC(C)(C)OC2. The minimum atomic E-state index is -0.323. The Morgan fingerprint density at radius 2 is 2.11 bits per heavy atom. The summed E-state index contributed by atoms with van der Waals surface area (Å²) in [4.78, 5) is 18.5. The predicted molar refractivity (Wildman–Crippen MR) is 102 cm³/mol. The number of hydrogen-bond donors (Lipinski definition) is 0. The number of nitrogens with zero attached hydrogens (tertiary/aromatic N) is 3.